The number of pyridine rings is 1. The second kappa shape index (κ2) is 9.77. The molecule has 1 aromatic heterocycles. The first-order valence-electron chi connectivity index (χ1n) is 11.5. The number of piperazine rings is 1. The van der Waals surface area contributed by atoms with Crippen LogP contribution in [-0.4, -0.2) is 59.7 Å². The van der Waals surface area contributed by atoms with Gasteiger partial charge in [-0.1, -0.05) is 44.5 Å². The van der Waals surface area contributed by atoms with Crippen LogP contribution in [0.4, 0.5) is 5.69 Å². The van der Waals surface area contributed by atoms with Gasteiger partial charge in [-0.25, -0.2) is 0 Å². The monoisotopic (exact) mass is 456 g/mol. The smallest absolute Gasteiger partial charge is 0.231 e. The highest BCUT2D eigenvalue weighted by atomic mass is 35.5. The summed E-state index contributed by atoms with van der Waals surface area (Å²) in [5.41, 5.74) is 4.26. The molecule has 1 saturated heterocycles. The van der Waals surface area contributed by atoms with Gasteiger partial charge in [-0.3, -0.25) is 9.78 Å². The number of hydrogen-bond donors (Lipinski definition) is 2. The number of nitrogens with one attached hydrogen (secondary N) is 1. The molecular formula is C25H33ClN4O2. The van der Waals surface area contributed by atoms with Crippen LogP contribution in [0.1, 0.15) is 61.8 Å². The van der Waals surface area contributed by atoms with Crippen LogP contribution in [-0.2, 0) is 4.79 Å². The molecule has 3 atom stereocenters. The first-order valence-corrected chi connectivity index (χ1v) is 11.9. The number of carbonyl (C=O) groups excluding carboxylic acids is 1. The Morgan fingerprint density at radius 3 is 2.53 bits per heavy atom. The Morgan fingerprint density at radius 1 is 1.19 bits per heavy atom. The summed E-state index contributed by atoms with van der Waals surface area (Å²) in [7, 11) is 0. The molecular weight excluding hydrogens is 424 g/mol. The molecule has 32 heavy (non-hydrogen) atoms. The first kappa shape index (κ1) is 23.0. The van der Waals surface area contributed by atoms with Crippen molar-refractivity contribution in [3.63, 3.8) is 0 Å². The number of aromatic nitrogens is 1. The number of carbonyl (C=O) groups is 1. The topological polar surface area (TPSA) is 68.7 Å². The summed E-state index contributed by atoms with van der Waals surface area (Å²) in [4.78, 5) is 22.2. The van der Waals surface area contributed by atoms with E-state index in [1.54, 1.807) is 6.20 Å². The standard InChI is InChI=1S/C25H33ClN4O2/c1-16(2)28-14-20(18-4-6-19(26)7-5-18)25(32)30-10-8-29(9-11-30)22-15-27-13-21-23(31)12-17(3)24(21)22/h4-7,13,15-17,20,23,28,31H,8-12,14H2,1-3H3/t17-,20-,23-/m1/s1. The lowest BCUT2D eigenvalue weighted by molar-refractivity contribution is -0.133. The molecule has 0 radical (unpaired) electrons. The summed E-state index contributed by atoms with van der Waals surface area (Å²) in [6.45, 7) is 9.81. The Hall–Kier alpha value is -2.15. The summed E-state index contributed by atoms with van der Waals surface area (Å²) in [5, 5.41) is 14.4. The summed E-state index contributed by atoms with van der Waals surface area (Å²) < 4.78 is 0. The van der Waals surface area contributed by atoms with Crippen molar-refractivity contribution in [2.45, 2.75) is 51.2 Å². The molecule has 1 fully saturated rings. The fourth-order valence-corrected chi connectivity index (χ4v) is 5.02. The lowest BCUT2D eigenvalue weighted by Crippen LogP contribution is -2.51. The minimum atomic E-state index is -0.427. The Kier molecular flexibility index (Phi) is 7.03. The van der Waals surface area contributed by atoms with Crippen LogP contribution < -0.4 is 10.2 Å². The zero-order valence-electron chi connectivity index (χ0n) is 19.1. The Morgan fingerprint density at radius 2 is 1.88 bits per heavy atom. The van der Waals surface area contributed by atoms with Crippen molar-refractivity contribution in [2.75, 3.05) is 37.6 Å². The van der Waals surface area contributed by atoms with E-state index in [9.17, 15) is 9.90 Å². The molecule has 4 rings (SSSR count). The van der Waals surface area contributed by atoms with Crippen molar-refractivity contribution in [1.29, 1.82) is 0 Å². The summed E-state index contributed by atoms with van der Waals surface area (Å²) in [6, 6.07) is 7.91. The molecule has 0 saturated carbocycles. The second-order valence-electron chi connectivity index (χ2n) is 9.29. The van der Waals surface area contributed by atoms with Gasteiger partial charge in [-0.05, 0) is 35.6 Å². The number of nitrogens with zero attached hydrogens (tertiary/aromatic N) is 3. The molecule has 172 valence electrons. The fraction of sp³-hybridized carbons (Fsp3) is 0.520. The first-order chi connectivity index (χ1) is 15.3. The van der Waals surface area contributed by atoms with Gasteiger partial charge in [0.25, 0.3) is 0 Å². The van der Waals surface area contributed by atoms with E-state index in [4.69, 9.17) is 11.6 Å². The van der Waals surface area contributed by atoms with Crippen LogP contribution in [0.5, 0.6) is 0 Å². The van der Waals surface area contributed by atoms with Crippen molar-refractivity contribution in [1.82, 2.24) is 15.2 Å². The number of fused-ring (bicyclic) bond motifs is 1. The SMILES string of the molecule is CC(C)NC[C@@H](C(=O)N1CCN(c2cncc3c2[C@H](C)C[C@H]3O)CC1)c1ccc(Cl)cc1. The van der Waals surface area contributed by atoms with Crippen molar-refractivity contribution in [3.05, 3.63) is 58.4 Å². The molecule has 2 aromatic rings. The summed E-state index contributed by atoms with van der Waals surface area (Å²) in [5.74, 6) is 0.230. The largest absolute Gasteiger partial charge is 0.388 e. The molecule has 2 heterocycles. The zero-order chi connectivity index (χ0) is 22.8. The van der Waals surface area contributed by atoms with E-state index in [0.29, 0.717) is 36.6 Å². The number of aliphatic hydroxyl groups excluding tert-OH is 1. The number of anilines is 1. The third-order valence-corrected chi connectivity index (χ3v) is 6.91. The lowest BCUT2D eigenvalue weighted by Gasteiger charge is -2.38. The fourth-order valence-electron chi connectivity index (χ4n) is 4.89. The highest BCUT2D eigenvalue weighted by Gasteiger charge is 2.33. The number of amides is 1. The number of hydrogen-bond acceptors (Lipinski definition) is 5. The third-order valence-electron chi connectivity index (χ3n) is 6.66. The maximum absolute atomic E-state index is 13.5. The average molecular weight is 457 g/mol. The molecule has 0 unspecified atom stereocenters. The predicted octanol–water partition coefficient (Wildman–Crippen LogP) is 3.71. The van der Waals surface area contributed by atoms with Gasteiger partial charge in [0.2, 0.25) is 5.91 Å². The highest BCUT2D eigenvalue weighted by Crippen LogP contribution is 2.44. The minimum Gasteiger partial charge on any atom is -0.388 e. The molecule has 1 aliphatic carbocycles. The van der Waals surface area contributed by atoms with Crippen LogP contribution in [0.15, 0.2) is 36.7 Å². The molecule has 1 aliphatic heterocycles. The normalized spacial score (nSPS) is 21.7. The lowest BCUT2D eigenvalue weighted by atomic mass is 9.96. The third kappa shape index (κ3) is 4.77. The van der Waals surface area contributed by atoms with Crippen LogP contribution >= 0.6 is 11.6 Å². The molecule has 2 aliphatic rings. The van der Waals surface area contributed by atoms with Gasteiger partial charge < -0.3 is 20.2 Å². The maximum atomic E-state index is 13.5. The van der Waals surface area contributed by atoms with E-state index < -0.39 is 6.10 Å². The van der Waals surface area contributed by atoms with Crippen molar-refractivity contribution < 1.29 is 9.90 Å². The molecule has 7 heteroatoms. The molecule has 1 amide bonds. The molecule has 1 aromatic carbocycles. The molecule has 0 spiro atoms. The minimum absolute atomic E-state index is 0.153. The van der Waals surface area contributed by atoms with E-state index in [2.05, 4.69) is 36.0 Å². The molecule has 0 bridgehead atoms. The van der Waals surface area contributed by atoms with E-state index in [0.717, 1.165) is 36.3 Å². The zero-order valence-corrected chi connectivity index (χ0v) is 19.8. The van der Waals surface area contributed by atoms with Gasteiger partial charge in [0.15, 0.2) is 0 Å². The van der Waals surface area contributed by atoms with Gasteiger partial charge in [-0.15, -0.1) is 0 Å². The van der Waals surface area contributed by atoms with E-state index >= 15 is 0 Å². The molecule has 6 nitrogen and oxygen atoms in total. The van der Waals surface area contributed by atoms with Gasteiger partial charge in [-0.2, -0.15) is 0 Å². The number of aliphatic hydroxyl groups is 1. The van der Waals surface area contributed by atoms with Crippen LogP contribution in [0.25, 0.3) is 0 Å². The Balaban J connectivity index is 1.47. The van der Waals surface area contributed by atoms with Crippen LogP contribution in [0.3, 0.4) is 0 Å². The van der Waals surface area contributed by atoms with Gasteiger partial charge in [0.1, 0.15) is 0 Å². The quantitative estimate of drug-likeness (QED) is 0.693. The molecule has 2 N–H and O–H groups in total. The van der Waals surface area contributed by atoms with Gasteiger partial charge in [0.05, 0.1) is 23.9 Å². The maximum Gasteiger partial charge on any atom is 0.231 e. The van der Waals surface area contributed by atoms with Gasteiger partial charge >= 0.3 is 0 Å². The number of halogens is 1. The van der Waals surface area contributed by atoms with Crippen molar-refractivity contribution in [3.8, 4) is 0 Å². The van der Waals surface area contributed by atoms with E-state index in [-0.39, 0.29) is 11.8 Å². The average Bonchev–Trinajstić information content (AvgIpc) is 3.08. The van der Waals surface area contributed by atoms with Crippen molar-refractivity contribution >= 4 is 23.2 Å². The van der Waals surface area contributed by atoms with Crippen LogP contribution in [0.2, 0.25) is 5.02 Å². The number of benzene rings is 1. The van der Waals surface area contributed by atoms with E-state index in [1.165, 1.54) is 5.56 Å². The van der Waals surface area contributed by atoms with Crippen LogP contribution in [0, 0.1) is 0 Å². The summed E-state index contributed by atoms with van der Waals surface area (Å²) >= 11 is 6.07. The van der Waals surface area contributed by atoms with Gasteiger partial charge in [0, 0.05) is 55.5 Å². The van der Waals surface area contributed by atoms with E-state index in [1.807, 2.05) is 35.4 Å². The Labute approximate surface area is 195 Å². The Bertz CT molecular complexity index is 941. The summed E-state index contributed by atoms with van der Waals surface area (Å²) in [6.07, 6.45) is 4.03. The highest BCUT2D eigenvalue weighted by molar-refractivity contribution is 6.30. The van der Waals surface area contributed by atoms with Crippen molar-refractivity contribution in [2.24, 2.45) is 0 Å². The number of rotatable bonds is 6. The second-order valence-corrected chi connectivity index (χ2v) is 9.73. The predicted molar refractivity (Wildman–Crippen MR) is 128 cm³/mol.